The van der Waals surface area contributed by atoms with Crippen molar-refractivity contribution in [1.29, 1.82) is 0 Å². The molecular weight excluding hydrogens is 355 g/mol. The van der Waals surface area contributed by atoms with Gasteiger partial charge in [-0.3, -0.25) is 4.79 Å². The first-order chi connectivity index (χ1) is 12.2. The Balaban J connectivity index is 0.00000243. The van der Waals surface area contributed by atoms with Crippen molar-refractivity contribution < 1.29 is 13.9 Å². The van der Waals surface area contributed by atoms with Crippen LogP contribution in [0.5, 0.6) is 5.75 Å². The van der Waals surface area contributed by atoms with E-state index >= 15 is 0 Å². The summed E-state index contributed by atoms with van der Waals surface area (Å²) in [5.74, 6) is 0.608. The van der Waals surface area contributed by atoms with Crippen LogP contribution < -0.4 is 15.4 Å². The molecule has 26 heavy (non-hydrogen) atoms. The number of hydrogen-bond donors (Lipinski definition) is 2. The standard InChI is InChI=1S/C20H23FN2O2.ClH/c21-17-9-7-15(8-10-17)14-25-19-6-2-1-5-18(19)20(24)23-13-16-4-3-11-22-12-16;/h1-2,5-10,16,22H,3-4,11-14H2,(H,23,24);1H. The second-order valence-electron chi connectivity index (χ2n) is 6.33. The summed E-state index contributed by atoms with van der Waals surface area (Å²) < 4.78 is 18.7. The summed E-state index contributed by atoms with van der Waals surface area (Å²) in [5, 5.41) is 6.36. The number of ether oxygens (including phenoxy) is 1. The molecule has 0 aromatic heterocycles. The lowest BCUT2D eigenvalue weighted by molar-refractivity contribution is 0.0940. The molecule has 4 nitrogen and oxygen atoms in total. The van der Waals surface area contributed by atoms with Gasteiger partial charge in [0.1, 0.15) is 18.2 Å². The molecule has 2 aromatic rings. The number of carbonyl (C=O) groups is 1. The fourth-order valence-corrected chi connectivity index (χ4v) is 2.95. The molecule has 140 valence electrons. The molecule has 0 bridgehead atoms. The van der Waals surface area contributed by atoms with Crippen LogP contribution in [0.15, 0.2) is 48.5 Å². The van der Waals surface area contributed by atoms with Crippen molar-refractivity contribution in [3.63, 3.8) is 0 Å². The van der Waals surface area contributed by atoms with Crippen molar-refractivity contribution in [3.05, 3.63) is 65.5 Å². The molecule has 1 unspecified atom stereocenters. The average molecular weight is 379 g/mol. The van der Waals surface area contributed by atoms with Gasteiger partial charge < -0.3 is 15.4 Å². The summed E-state index contributed by atoms with van der Waals surface area (Å²) >= 11 is 0. The predicted molar refractivity (Wildman–Crippen MR) is 102 cm³/mol. The molecule has 0 saturated carbocycles. The SMILES string of the molecule is Cl.O=C(NCC1CCCNC1)c1ccccc1OCc1ccc(F)cc1. The van der Waals surface area contributed by atoms with Gasteiger partial charge in [0.05, 0.1) is 5.56 Å². The quantitative estimate of drug-likeness (QED) is 0.808. The minimum absolute atomic E-state index is 0. The van der Waals surface area contributed by atoms with Gasteiger partial charge in [-0.05, 0) is 61.7 Å². The van der Waals surface area contributed by atoms with Crippen molar-refractivity contribution in [2.75, 3.05) is 19.6 Å². The van der Waals surface area contributed by atoms with Crippen molar-refractivity contribution in [2.45, 2.75) is 19.4 Å². The van der Waals surface area contributed by atoms with Crippen LogP contribution in [0.2, 0.25) is 0 Å². The van der Waals surface area contributed by atoms with Crippen LogP contribution in [0, 0.1) is 11.7 Å². The Morgan fingerprint density at radius 1 is 1.19 bits per heavy atom. The zero-order valence-electron chi connectivity index (χ0n) is 14.5. The van der Waals surface area contributed by atoms with Gasteiger partial charge in [-0.2, -0.15) is 0 Å². The van der Waals surface area contributed by atoms with Gasteiger partial charge in [0, 0.05) is 6.54 Å². The van der Waals surface area contributed by atoms with Crippen molar-refractivity contribution in [2.24, 2.45) is 5.92 Å². The van der Waals surface area contributed by atoms with Gasteiger partial charge in [-0.1, -0.05) is 24.3 Å². The Morgan fingerprint density at radius 3 is 2.69 bits per heavy atom. The van der Waals surface area contributed by atoms with Gasteiger partial charge in [-0.25, -0.2) is 4.39 Å². The van der Waals surface area contributed by atoms with E-state index in [0.29, 0.717) is 23.8 Å². The maximum absolute atomic E-state index is 13.0. The van der Waals surface area contributed by atoms with Crippen molar-refractivity contribution >= 4 is 18.3 Å². The number of nitrogens with one attached hydrogen (secondary N) is 2. The monoisotopic (exact) mass is 378 g/mol. The van der Waals surface area contributed by atoms with E-state index in [1.165, 1.54) is 12.1 Å². The maximum atomic E-state index is 13.0. The molecule has 1 atom stereocenters. The molecule has 3 rings (SSSR count). The van der Waals surface area contributed by atoms with E-state index in [1.807, 2.05) is 12.1 Å². The number of para-hydroxylation sites is 1. The van der Waals surface area contributed by atoms with Crippen molar-refractivity contribution in [3.8, 4) is 5.75 Å². The van der Waals surface area contributed by atoms with Crippen LogP contribution in [0.3, 0.4) is 0 Å². The third-order valence-corrected chi connectivity index (χ3v) is 4.39. The van der Waals surface area contributed by atoms with E-state index in [4.69, 9.17) is 4.74 Å². The molecule has 2 aromatic carbocycles. The average Bonchev–Trinajstić information content (AvgIpc) is 2.67. The van der Waals surface area contributed by atoms with Gasteiger partial charge in [0.25, 0.3) is 5.91 Å². The van der Waals surface area contributed by atoms with Gasteiger partial charge in [0.2, 0.25) is 0 Å². The Morgan fingerprint density at radius 2 is 1.96 bits per heavy atom. The highest BCUT2D eigenvalue weighted by molar-refractivity contribution is 5.96. The first kappa shape index (κ1) is 20.2. The van der Waals surface area contributed by atoms with E-state index in [1.54, 1.807) is 24.3 Å². The smallest absolute Gasteiger partial charge is 0.255 e. The molecule has 0 spiro atoms. The molecule has 1 fully saturated rings. The summed E-state index contributed by atoms with van der Waals surface area (Å²) in [5.41, 5.74) is 1.37. The third-order valence-electron chi connectivity index (χ3n) is 4.39. The molecule has 1 amide bonds. The number of amides is 1. The first-order valence-electron chi connectivity index (χ1n) is 8.67. The minimum atomic E-state index is -0.277. The normalized spacial score (nSPS) is 16.4. The number of piperidine rings is 1. The third kappa shape index (κ3) is 5.71. The Labute approximate surface area is 159 Å². The number of rotatable bonds is 6. The summed E-state index contributed by atoms with van der Waals surface area (Å²) in [6.45, 7) is 2.96. The second-order valence-corrected chi connectivity index (χ2v) is 6.33. The Kier molecular flexibility index (Phi) is 7.88. The zero-order valence-corrected chi connectivity index (χ0v) is 15.4. The number of benzene rings is 2. The second kappa shape index (κ2) is 10.1. The molecular formula is C20H24ClFN2O2. The molecule has 1 saturated heterocycles. The number of halogens is 2. The first-order valence-corrected chi connectivity index (χ1v) is 8.67. The summed E-state index contributed by atoms with van der Waals surface area (Å²) in [7, 11) is 0. The maximum Gasteiger partial charge on any atom is 0.255 e. The summed E-state index contributed by atoms with van der Waals surface area (Å²) in [6.07, 6.45) is 2.29. The lowest BCUT2D eigenvalue weighted by Crippen LogP contribution is -2.38. The van der Waals surface area contributed by atoms with E-state index < -0.39 is 0 Å². The molecule has 2 N–H and O–H groups in total. The van der Waals surface area contributed by atoms with E-state index in [0.717, 1.165) is 31.5 Å². The number of hydrogen-bond acceptors (Lipinski definition) is 3. The van der Waals surface area contributed by atoms with Crippen LogP contribution in [-0.2, 0) is 6.61 Å². The zero-order chi connectivity index (χ0) is 17.5. The van der Waals surface area contributed by atoms with Crippen LogP contribution >= 0.6 is 12.4 Å². The Bertz CT molecular complexity index is 703. The predicted octanol–water partition coefficient (Wildman–Crippen LogP) is 3.56. The highest BCUT2D eigenvalue weighted by Crippen LogP contribution is 2.20. The van der Waals surface area contributed by atoms with Gasteiger partial charge in [0.15, 0.2) is 0 Å². The van der Waals surface area contributed by atoms with Crippen LogP contribution in [-0.4, -0.2) is 25.5 Å². The molecule has 0 radical (unpaired) electrons. The lowest BCUT2D eigenvalue weighted by atomic mass is 9.99. The summed E-state index contributed by atoms with van der Waals surface area (Å²) in [4.78, 5) is 12.5. The highest BCUT2D eigenvalue weighted by Gasteiger charge is 2.16. The molecule has 1 aliphatic rings. The van der Waals surface area contributed by atoms with Crippen molar-refractivity contribution in [1.82, 2.24) is 10.6 Å². The molecule has 1 aliphatic heterocycles. The lowest BCUT2D eigenvalue weighted by Gasteiger charge is -2.23. The van der Waals surface area contributed by atoms with Crippen LogP contribution in [0.4, 0.5) is 4.39 Å². The molecule has 6 heteroatoms. The fourth-order valence-electron chi connectivity index (χ4n) is 2.95. The minimum Gasteiger partial charge on any atom is -0.488 e. The van der Waals surface area contributed by atoms with Gasteiger partial charge in [-0.15, -0.1) is 12.4 Å². The van der Waals surface area contributed by atoms with Crippen LogP contribution in [0.25, 0.3) is 0 Å². The van der Waals surface area contributed by atoms with Crippen LogP contribution in [0.1, 0.15) is 28.8 Å². The van der Waals surface area contributed by atoms with Gasteiger partial charge >= 0.3 is 0 Å². The topological polar surface area (TPSA) is 50.4 Å². The van der Waals surface area contributed by atoms with E-state index in [2.05, 4.69) is 10.6 Å². The fraction of sp³-hybridized carbons (Fsp3) is 0.350. The summed E-state index contributed by atoms with van der Waals surface area (Å²) in [6, 6.07) is 13.3. The van der Waals surface area contributed by atoms with E-state index in [-0.39, 0.29) is 30.7 Å². The largest absolute Gasteiger partial charge is 0.488 e. The number of carbonyl (C=O) groups excluding carboxylic acids is 1. The highest BCUT2D eigenvalue weighted by atomic mass is 35.5. The van der Waals surface area contributed by atoms with E-state index in [9.17, 15) is 9.18 Å². The molecule has 1 heterocycles. The Hall–Kier alpha value is -2.11. The molecule has 0 aliphatic carbocycles.